The summed E-state index contributed by atoms with van der Waals surface area (Å²) in [6.45, 7) is 22.1. The third-order valence-electron chi connectivity index (χ3n) is 6.38. The van der Waals surface area contributed by atoms with E-state index in [1.165, 1.54) is 44.0 Å². The van der Waals surface area contributed by atoms with Gasteiger partial charge in [-0.25, -0.2) is 0 Å². The first-order chi connectivity index (χ1) is 18.5. The number of nitrogens with zero attached hydrogens (tertiary/aromatic N) is 2. The van der Waals surface area contributed by atoms with Crippen molar-refractivity contribution in [3.63, 3.8) is 0 Å². The van der Waals surface area contributed by atoms with Gasteiger partial charge in [-0.3, -0.25) is 0 Å². The first-order valence-corrected chi connectivity index (χ1v) is 18.0. The largest absolute Gasteiger partial charge is 0.573 e. The van der Waals surface area contributed by atoms with Crippen molar-refractivity contribution in [3.8, 4) is 0 Å². The molecule has 2 radical (unpaired) electrons. The molecule has 0 atom stereocenters. The molecule has 2 heterocycles. The van der Waals surface area contributed by atoms with Crippen LogP contribution in [0.25, 0.3) is 11.1 Å². The molecule has 0 fully saturated rings. The van der Waals surface area contributed by atoms with Crippen LogP contribution in [0.5, 0.6) is 0 Å². The minimum absolute atomic E-state index is 0. The van der Waals surface area contributed by atoms with E-state index in [-0.39, 0.29) is 88.7 Å². The average Bonchev–Trinajstić information content (AvgIpc) is 3.75. The molecule has 2 aromatic carbocycles. The molecule has 0 N–H and O–H groups in total. The van der Waals surface area contributed by atoms with Gasteiger partial charge >= 0.3 is 0 Å². The number of rotatable bonds is 4. The van der Waals surface area contributed by atoms with Gasteiger partial charge in [-0.1, -0.05) is 99.5 Å². The van der Waals surface area contributed by atoms with E-state index >= 15 is 0 Å². The van der Waals surface area contributed by atoms with Crippen molar-refractivity contribution in [1.82, 2.24) is 0 Å². The van der Waals surface area contributed by atoms with Crippen molar-refractivity contribution in [3.05, 3.63) is 94.5 Å². The predicted molar refractivity (Wildman–Crippen MR) is 176 cm³/mol. The van der Waals surface area contributed by atoms with Crippen LogP contribution in [0.2, 0.25) is 0 Å². The molecular formula is C33H46N2O2P2Y2-2. The molecule has 6 rings (SSSR count). The average molecular weight is 743 g/mol. The second-order valence-corrected chi connectivity index (χ2v) is 13.6. The first-order valence-electron chi connectivity index (χ1n) is 13.6. The Morgan fingerprint density at radius 2 is 0.951 bits per heavy atom. The van der Waals surface area contributed by atoms with Gasteiger partial charge in [0.15, 0.2) is 0 Å². The Morgan fingerprint density at radius 3 is 1.24 bits per heavy atom. The second-order valence-electron chi connectivity index (χ2n) is 8.96. The van der Waals surface area contributed by atoms with Crippen LogP contribution in [0.3, 0.4) is 0 Å². The molecule has 218 valence electrons. The summed E-state index contributed by atoms with van der Waals surface area (Å²) in [5, 5.41) is 3.02. The van der Waals surface area contributed by atoms with Gasteiger partial charge in [-0.2, -0.15) is 0 Å². The van der Waals surface area contributed by atoms with Crippen LogP contribution in [-0.2, 0) is 87.7 Å². The Balaban J connectivity index is 0.000000654. The minimum Gasteiger partial charge on any atom is -0.573 e. The van der Waals surface area contributed by atoms with Gasteiger partial charge in [-0.05, 0) is 83.5 Å². The summed E-state index contributed by atoms with van der Waals surface area (Å²) in [7, 11) is -0.197. The third-order valence-corrected chi connectivity index (χ3v) is 9.30. The summed E-state index contributed by atoms with van der Waals surface area (Å²) in [5.74, 6) is 1.64. The van der Waals surface area contributed by atoms with Gasteiger partial charge in [0, 0.05) is 78.6 Å². The molecule has 4 aliphatic rings. The summed E-state index contributed by atoms with van der Waals surface area (Å²) in [4.78, 5) is 8.74. The van der Waals surface area contributed by atoms with E-state index in [0.717, 1.165) is 24.6 Å². The summed E-state index contributed by atoms with van der Waals surface area (Å²) in [6.07, 6.45) is 2.12. The Hall–Kier alpha value is -0.332. The van der Waals surface area contributed by atoms with Crippen LogP contribution >= 0.6 is 15.8 Å². The molecule has 4 nitrogen and oxygen atoms in total. The van der Waals surface area contributed by atoms with Crippen LogP contribution in [0, 0.1) is 13.1 Å². The van der Waals surface area contributed by atoms with Gasteiger partial charge in [0.05, 0.1) is 11.8 Å². The van der Waals surface area contributed by atoms with Crippen molar-refractivity contribution in [2.45, 2.75) is 48.0 Å². The molecule has 0 saturated heterocycles. The number of allylic oxidation sites excluding steroid dienone is 2. The molecule has 0 saturated carbocycles. The van der Waals surface area contributed by atoms with Gasteiger partial charge < -0.3 is 19.5 Å². The van der Waals surface area contributed by atoms with Crippen LogP contribution in [0.15, 0.2) is 69.1 Å². The number of fused-ring (bicyclic) bond motifs is 2. The van der Waals surface area contributed by atoms with Crippen LogP contribution in [0.1, 0.15) is 57.4 Å². The number of benzene rings is 2. The molecule has 2 aromatic rings. The molecule has 2 aliphatic carbocycles. The van der Waals surface area contributed by atoms with Crippen molar-refractivity contribution in [2.75, 3.05) is 39.9 Å². The summed E-state index contributed by atoms with van der Waals surface area (Å²) in [6, 6.07) is 17.2. The zero-order chi connectivity index (χ0) is 27.7. The monoisotopic (exact) mass is 742 g/mol. The maximum Gasteiger partial charge on any atom is 0.0610 e. The maximum atomic E-state index is 5.62. The van der Waals surface area contributed by atoms with E-state index in [0.29, 0.717) is 13.2 Å². The predicted octanol–water partition coefficient (Wildman–Crippen LogP) is 9.26. The van der Waals surface area contributed by atoms with E-state index in [2.05, 4.69) is 85.2 Å². The quantitative estimate of drug-likeness (QED) is 0.232. The number of aliphatic imine (C=N–C) groups is 2. The molecule has 0 spiro atoms. The SMILES string of the molecule is C.CC.CC.CP(C)C1=C(C2=N[CH-]CO2)c2ccccc2C1.CP(C)C1=C(C2=N[CH-]CO2)c2ccccc2C1.[Y].[Y]. The normalized spacial score (nSPS) is 15.2. The zero-order valence-electron chi connectivity index (χ0n) is 25.4. The molecule has 0 unspecified atom stereocenters. The van der Waals surface area contributed by atoms with Crippen molar-refractivity contribution < 1.29 is 74.9 Å². The fraction of sp³-hybridized carbons (Fsp3) is 0.394. The molecule has 0 amide bonds. The van der Waals surface area contributed by atoms with Gasteiger partial charge in [-0.15, -0.1) is 13.1 Å². The number of hydrogen-bond donors (Lipinski definition) is 0. The van der Waals surface area contributed by atoms with Crippen molar-refractivity contribution >= 4 is 38.8 Å². The third kappa shape index (κ3) is 9.83. The van der Waals surface area contributed by atoms with Crippen LogP contribution < -0.4 is 0 Å². The standard InChI is InChI=1S/2C14H15NOP.2C2H6.CH4.2Y/c2*1-17(2)12-9-10-5-3-4-6-11(10)13(12)14-15-7-8-16-14;2*1-2;;;/h2*3-7H,8-9H2,1-2H3;2*1-2H3;1H4;;/q2*-1;;;;;. The Morgan fingerprint density at radius 1 is 0.610 bits per heavy atom. The van der Waals surface area contributed by atoms with Crippen molar-refractivity contribution in [2.24, 2.45) is 9.98 Å². The van der Waals surface area contributed by atoms with E-state index in [1.54, 1.807) is 0 Å². The zero-order valence-corrected chi connectivity index (χ0v) is 32.8. The summed E-state index contributed by atoms with van der Waals surface area (Å²) < 4.78 is 11.2. The van der Waals surface area contributed by atoms with Crippen LogP contribution in [0.4, 0.5) is 0 Å². The number of hydrogen-bond acceptors (Lipinski definition) is 4. The maximum absolute atomic E-state index is 5.62. The summed E-state index contributed by atoms with van der Waals surface area (Å²) in [5.41, 5.74) is 7.95. The fourth-order valence-electron chi connectivity index (χ4n) is 4.75. The fourth-order valence-corrected chi connectivity index (χ4v) is 7.05. The molecule has 0 bridgehead atoms. The van der Waals surface area contributed by atoms with E-state index in [1.807, 2.05) is 40.8 Å². The van der Waals surface area contributed by atoms with Gasteiger partial charge in [0.2, 0.25) is 0 Å². The second kappa shape index (κ2) is 20.6. The minimum atomic E-state index is -0.0985. The van der Waals surface area contributed by atoms with Crippen molar-refractivity contribution in [1.29, 1.82) is 0 Å². The summed E-state index contributed by atoms with van der Waals surface area (Å²) >= 11 is 0. The Labute approximate surface area is 303 Å². The Kier molecular flexibility index (Phi) is 20.4. The molecule has 8 heteroatoms. The number of ether oxygens (including phenoxy) is 2. The first kappa shape index (κ1) is 40.7. The van der Waals surface area contributed by atoms with Gasteiger partial charge in [0.25, 0.3) is 0 Å². The van der Waals surface area contributed by atoms with Gasteiger partial charge in [0.1, 0.15) is 0 Å². The topological polar surface area (TPSA) is 43.2 Å². The van der Waals surface area contributed by atoms with Crippen LogP contribution in [-0.4, -0.2) is 51.7 Å². The smallest absolute Gasteiger partial charge is 0.0610 e. The molecule has 0 aromatic heterocycles. The molecular weight excluding hydrogens is 696 g/mol. The Bertz CT molecular complexity index is 1140. The van der Waals surface area contributed by atoms with E-state index in [4.69, 9.17) is 9.47 Å². The molecule has 41 heavy (non-hydrogen) atoms. The van der Waals surface area contributed by atoms with E-state index in [9.17, 15) is 0 Å². The molecule has 2 aliphatic heterocycles. The van der Waals surface area contributed by atoms with E-state index < -0.39 is 0 Å².